The van der Waals surface area contributed by atoms with Crippen molar-refractivity contribution in [2.45, 2.75) is 27.2 Å². The number of carbonyl (C=O) groups excluding carboxylic acids is 2. The van der Waals surface area contributed by atoms with Crippen LogP contribution in [0.2, 0.25) is 0 Å². The maximum atomic E-state index is 12.3. The largest absolute Gasteiger partial charge is 0.355 e. The van der Waals surface area contributed by atoms with Gasteiger partial charge in [-0.2, -0.15) is 0 Å². The Balaban J connectivity index is 1.69. The quantitative estimate of drug-likeness (QED) is 0.686. The monoisotopic (exact) mass is 381 g/mol. The van der Waals surface area contributed by atoms with Crippen LogP contribution in [0.5, 0.6) is 0 Å². The number of hydrogen-bond acceptors (Lipinski definition) is 4. The predicted octanol–water partition coefficient (Wildman–Crippen LogP) is 4.45. The zero-order valence-corrected chi connectivity index (χ0v) is 16.5. The van der Waals surface area contributed by atoms with Crippen molar-refractivity contribution in [3.63, 3.8) is 0 Å². The minimum absolute atomic E-state index is 0.0647. The van der Waals surface area contributed by atoms with Gasteiger partial charge in [0, 0.05) is 23.9 Å². The van der Waals surface area contributed by atoms with Gasteiger partial charge in [0.15, 0.2) is 0 Å². The number of nitrogens with one attached hydrogen (secondary N) is 2. The number of hydrogen-bond donors (Lipinski definition) is 2. The average molecular weight is 382 g/mol. The zero-order chi connectivity index (χ0) is 19.4. The summed E-state index contributed by atoms with van der Waals surface area (Å²) in [7, 11) is 0. The average Bonchev–Trinajstić information content (AvgIpc) is 3.05. The first-order valence-electron chi connectivity index (χ1n) is 8.88. The maximum Gasteiger partial charge on any atom is 0.226 e. The third-order valence-electron chi connectivity index (χ3n) is 4.04. The first-order valence-corrected chi connectivity index (χ1v) is 9.69. The van der Waals surface area contributed by atoms with Crippen LogP contribution in [0.15, 0.2) is 48.5 Å². The van der Waals surface area contributed by atoms with E-state index in [9.17, 15) is 9.59 Å². The summed E-state index contributed by atoms with van der Waals surface area (Å²) in [5.74, 6) is -0.206. The first kappa shape index (κ1) is 19.0. The van der Waals surface area contributed by atoms with Crippen molar-refractivity contribution < 1.29 is 9.59 Å². The molecule has 5 nitrogen and oxygen atoms in total. The number of aromatic nitrogens is 1. The number of nitrogens with zero attached hydrogens (tertiary/aromatic N) is 1. The van der Waals surface area contributed by atoms with Gasteiger partial charge in [-0.05, 0) is 24.3 Å². The second-order valence-corrected chi connectivity index (χ2v) is 8.37. The number of anilines is 1. The molecule has 0 spiro atoms. The lowest BCUT2D eigenvalue weighted by molar-refractivity contribution is -0.128. The molecule has 6 heteroatoms. The molecule has 0 unspecified atom stereocenters. The second kappa shape index (κ2) is 7.88. The second-order valence-electron chi connectivity index (χ2n) is 7.34. The zero-order valence-electron chi connectivity index (χ0n) is 15.7. The Hall–Kier alpha value is -2.73. The summed E-state index contributed by atoms with van der Waals surface area (Å²) in [4.78, 5) is 28.9. The minimum atomic E-state index is -0.462. The van der Waals surface area contributed by atoms with E-state index in [2.05, 4.69) is 15.6 Å². The van der Waals surface area contributed by atoms with Gasteiger partial charge in [0.2, 0.25) is 11.8 Å². The number of carbonyl (C=O) groups is 2. The SMILES string of the molecule is CC(C)(C)C(=O)NCCC(=O)Nc1ccccc1-c1nc2ccccc2s1. The molecule has 2 aromatic carbocycles. The topological polar surface area (TPSA) is 71.1 Å². The fourth-order valence-electron chi connectivity index (χ4n) is 2.53. The molecule has 0 saturated heterocycles. The van der Waals surface area contributed by atoms with E-state index in [0.717, 1.165) is 26.5 Å². The van der Waals surface area contributed by atoms with Crippen molar-refractivity contribution >= 4 is 39.1 Å². The number of para-hydroxylation sites is 2. The molecule has 0 fully saturated rings. The molecule has 2 N–H and O–H groups in total. The predicted molar refractivity (Wildman–Crippen MR) is 111 cm³/mol. The highest BCUT2D eigenvalue weighted by molar-refractivity contribution is 7.21. The smallest absolute Gasteiger partial charge is 0.226 e. The summed E-state index contributed by atoms with van der Waals surface area (Å²) < 4.78 is 1.11. The molecule has 2 amide bonds. The number of thiazole rings is 1. The maximum absolute atomic E-state index is 12.3. The van der Waals surface area contributed by atoms with Crippen LogP contribution in [0.1, 0.15) is 27.2 Å². The molecule has 0 radical (unpaired) electrons. The normalized spacial score (nSPS) is 11.4. The van der Waals surface area contributed by atoms with Crippen LogP contribution >= 0.6 is 11.3 Å². The van der Waals surface area contributed by atoms with E-state index in [1.54, 1.807) is 11.3 Å². The lowest BCUT2D eigenvalue weighted by Crippen LogP contribution is -2.36. The Kier molecular flexibility index (Phi) is 5.56. The lowest BCUT2D eigenvalue weighted by atomic mass is 9.96. The van der Waals surface area contributed by atoms with Gasteiger partial charge >= 0.3 is 0 Å². The highest BCUT2D eigenvalue weighted by Crippen LogP contribution is 2.34. The van der Waals surface area contributed by atoms with Gasteiger partial charge in [-0.15, -0.1) is 11.3 Å². The van der Waals surface area contributed by atoms with Crippen LogP contribution < -0.4 is 10.6 Å². The van der Waals surface area contributed by atoms with Crippen LogP contribution in [-0.4, -0.2) is 23.3 Å². The van der Waals surface area contributed by atoms with Crippen molar-refractivity contribution in [2.75, 3.05) is 11.9 Å². The van der Waals surface area contributed by atoms with Crippen molar-refractivity contribution in [1.29, 1.82) is 0 Å². The summed E-state index contributed by atoms with van der Waals surface area (Å²) in [5, 5.41) is 6.60. The highest BCUT2D eigenvalue weighted by Gasteiger charge is 2.20. The van der Waals surface area contributed by atoms with Crippen LogP contribution in [0.4, 0.5) is 5.69 Å². The van der Waals surface area contributed by atoms with Gasteiger partial charge in [0.1, 0.15) is 5.01 Å². The number of benzene rings is 2. The third kappa shape index (κ3) is 4.71. The molecule has 0 aliphatic rings. The standard InChI is InChI=1S/C21H23N3O2S/c1-21(2,3)20(26)22-13-12-18(25)23-15-9-5-4-8-14(15)19-24-16-10-6-7-11-17(16)27-19/h4-11H,12-13H2,1-3H3,(H,22,26)(H,23,25). The van der Waals surface area contributed by atoms with E-state index in [4.69, 9.17) is 0 Å². The third-order valence-corrected chi connectivity index (χ3v) is 5.11. The van der Waals surface area contributed by atoms with Crippen molar-refractivity contribution in [2.24, 2.45) is 5.41 Å². The molecular weight excluding hydrogens is 358 g/mol. The van der Waals surface area contributed by atoms with Gasteiger partial charge in [-0.1, -0.05) is 45.0 Å². The van der Waals surface area contributed by atoms with Gasteiger partial charge < -0.3 is 10.6 Å². The molecule has 0 saturated carbocycles. The Labute approximate surface area is 162 Å². The van der Waals surface area contributed by atoms with E-state index < -0.39 is 5.41 Å². The molecule has 140 valence electrons. The van der Waals surface area contributed by atoms with Gasteiger partial charge in [-0.3, -0.25) is 9.59 Å². The Morgan fingerprint density at radius 1 is 1.04 bits per heavy atom. The van der Waals surface area contributed by atoms with E-state index in [0.29, 0.717) is 6.54 Å². The fraction of sp³-hybridized carbons (Fsp3) is 0.286. The van der Waals surface area contributed by atoms with Crippen molar-refractivity contribution in [1.82, 2.24) is 10.3 Å². The summed E-state index contributed by atoms with van der Waals surface area (Å²) in [5.41, 5.74) is 2.11. The Morgan fingerprint density at radius 2 is 1.74 bits per heavy atom. The van der Waals surface area contributed by atoms with Crippen LogP contribution in [-0.2, 0) is 9.59 Å². The van der Waals surface area contributed by atoms with Crippen LogP contribution in [0, 0.1) is 5.41 Å². The van der Waals surface area contributed by atoms with Gasteiger partial charge in [0.25, 0.3) is 0 Å². The molecule has 3 aromatic rings. The number of amides is 2. The van der Waals surface area contributed by atoms with E-state index >= 15 is 0 Å². The molecule has 0 aliphatic carbocycles. The molecule has 1 heterocycles. The summed E-state index contributed by atoms with van der Waals surface area (Å²) >= 11 is 1.60. The molecular formula is C21H23N3O2S. The molecule has 1 aromatic heterocycles. The molecule has 0 bridgehead atoms. The number of fused-ring (bicyclic) bond motifs is 1. The van der Waals surface area contributed by atoms with Crippen molar-refractivity contribution in [3.05, 3.63) is 48.5 Å². The molecule has 3 rings (SSSR count). The summed E-state index contributed by atoms with van der Waals surface area (Å²) in [6, 6.07) is 15.6. The molecule has 0 atom stereocenters. The van der Waals surface area contributed by atoms with E-state index in [1.807, 2.05) is 69.3 Å². The van der Waals surface area contributed by atoms with Crippen molar-refractivity contribution in [3.8, 4) is 10.6 Å². The fourth-order valence-corrected chi connectivity index (χ4v) is 3.54. The molecule has 27 heavy (non-hydrogen) atoms. The number of rotatable bonds is 5. The molecule has 0 aliphatic heterocycles. The minimum Gasteiger partial charge on any atom is -0.355 e. The van der Waals surface area contributed by atoms with Gasteiger partial charge in [0.05, 0.1) is 15.9 Å². The highest BCUT2D eigenvalue weighted by atomic mass is 32.1. The van der Waals surface area contributed by atoms with E-state index in [1.165, 1.54) is 0 Å². The van der Waals surface area contributed by atoms with Crippen LogP contribution in [0.25, 0.3) is 20.8 Å². The summed E-state index contributed by atoms with van der Waals surface area (Å²) in [6.45, 7) is 5.84. The lowest BCUT2D eigenvalue weighted by Gasteiger charge is -2.17. The first-order chi connectivity index (χ1) is 12.8. The Bertz CT molecular complexity index is 940. The van der Waals surface area contributed by atoms with E-state index in [-0.39, 0.29) is 18.2 Å². The summed E-state index contributed by atoms with van der Waals surface area (Å²) in [6.07, 6.45) is 0.218. The Morgan fingerprint density at radius 3 is 2.48 bits per heavy atom. The van der Waals surface area contributed by atoms with Gasteiger partial charge in [-0.25, -0.2) is 4.98 Å². The van der Waals surface area contributed by atoms with Crippen LogP contribution in [0.3, 0.4) is 0 Å².